The van der Waals surface area contributed by atoms with E-state index in [0.29, 0.717) is 0 Å². The van der Waals surface area contributed by atoms with Crippen LogP contribution < -0.4 is 5.56 Å². The Morgan fingerprint density at radius 1 is 1.16 bits per heavy atom. The summed E-state index contributed by atoms with van der Waals surface area (Å²) in [6.45, 7) is -0.740. The lowest BCUT2D eigenvalue weighted by atomic mass is 10.1. The lowest BCUT2D eigenvalue weighted by Crippen LogP contribution is -2.33. The predicted octanol–water partition coefficient (Wildman–Crippen LogP) is -0.0432. The molecule has 0 amide bonds. The molecule has 1 aliphatic rings. The number of phosphoric ester groups is 1. The number of nitro benzene ring substituents is 2. The number of hydrogen-bond acceptors (Lipinski definition) is 13. The van der Waals surface area contributed by atoms with Crippen molar-refractivity contribution in [3.63, 3.8) is 0 Å². The van der Waals surface area contributed by atoms with E-state index in [0.717, 1.165) is 40.9 Å². The first-order valence-corrected chi connectivity index (χ1v) is 12.6. The highest BCUT2D eigenvalue weighted by molar-refractivity contribution is 7.98. The van der Waals surface area contributed by atoms with Crippen LogP contribution in [0.25, 0.3) is 11.2 Å². The van der Waals surface area contributed by atoms with Crippen molar-refractivity contribution in [2.45, 2.75) is 35.4 Å². The summed E-state index contributed by atoms with van der Waals surface area (Å²) in [7, 11) is -4.87. The minimum absolute atomic E-state index is 0.00262. The van der Waals surface area contributed by atoms with Crippen LogP contribution in [0.1, 0.15) is 11.8 Å². The Hall–Kier alpha value is -3.29. The van der Waals surface area contributed by atoms with E-state index in [2.05, 4.69) is 19.5 Å². The van der Waals surface area contributed by atoms with Crippen LogP contribution in [0.3, 0.4) is 0 Å². The monoisotopic (exact) mass is 560 g/mol. The number of phosphoric acid groups is 1. The standard InChI is InChI=1S/C17H17N6O12PS/c24-12-10(4-34-36(31,32)33)35-16(13(12)25)21-6-18-11-14(21)19-17(20-15(11)26)37-5-7-1-8(22(27)28)3-9(2-7)23(29)30/h1-3,6,10,12-13,16,24-25H,4-5H2,(H,19,20,26)(H2,31,32,33)/t10-,12-,13-,16?/m0/s1. The molecule has 0 saturated carbocycles. The number of thioether (sulfide) groups is 1. The molecule has 1 saturated heterocycles. The Morgan fingerprint density at radius 3 is 2.41 bits per heavy atom. The third-order valence-electron chi connectivity index (χ3n) is 5.19. The van der Waals surface area contributed by atoms with Crippen LogP contribution in [0, 0.1) is 20.2 Å². The number of nitro groups is 2. The van der Waals surface area contributed by atoms with E-state index in [1.807, 2.05) is 0 Å². The zero-order chi connectivity index (χ0) is 27.1. The Labute approximate surface area is 208 Å². The number of aliphatic hydroxyl groups is 2. The first-order valence-electron chi connectivity index (χ1n) is 10.1. The Bertz CT molecular complexity index is 1440. The predicted molar refractivity (Wildman–Crippen MR) is 121 cm³/mol. The van der Waals surface area contributed by atoms with Crippen LogP contribution in [0.15, 0.2) is 34.5 Å². The summed E-state index contributed by atoms with van der Waals surface area (Å²) in [6, 6.07) is 3.11. The van der Waals surface area contributed by atoms with Crippen molar-refractivity contribution in [1.29, 1.82) is 0 Å². The number of hydrogen-bond donors (Lipinski definition) is 5. The summed E-state index contributed by atoms with van der Waals surface area (Å²) < 4.78 is 21.9. The molecule has 4 rings (SSSR count). The molecule has 4 atom stereocenters. The smallest absolute Gasteiger partial charge is 0.387 e. The van der Waals surface area contributed by atoms with E-state index in [4.69, 9.17) is 14.5 Å². The summed E-state index contributed by atoms with van der Waals surface area (Å²) >= 11 is 0.898. The number of benzene rings is 1. The quantitative estimate of drug-likeness (QED) is 0.0755. The van der Waals surface area contributed by atoms with Gasteiger partial charge in [-0.15, -0.1) is 0 Å². The number of aromatic amines is 1. The lowest BCUT2D eigenvalue weighted by Gasteiger charge is -2.16. The summed E-state index contributed by atoms with van der Waals surface area (Å²) in [5, 5.41) is 42.8. The highest BCUT2D eigenvalue weighted by atomic mass is 32.2. The fourth-order valence-corrected chi connectivity index (χ4v) is 4.66. The molecule has 1 fully saturated rings. The number of aromatic nitrogens is 4. The number of rotatable bonds is 9. The summed E-state index contributed by atoms with van der Waals surface area (Å²) in [5.41, 5.74) is -1.68. The molecule has 0 aliphatic carbocycles. The van der Waals surface area contributed by atoms with Crippen LogP contribution in [0.4, 0.5) is 11.4 Å². The number of nitrogens with zero attached hydrogens (tertiary/aromatic N) is 5. The molecule has 18 nitrogen and oxygen atoms in total. The van der Waals surface area contributed by atoms with Gasteiger partial charge in [0.25, 0.3) is 16.9 Å². The molecular weight excluding hydrogens is 543 g/mol. The van der Waals surface area contributed by atoms with Gasteiger partial charge in [0, 0.05) is 17.9 Å². The molecule has 0 radical (unpaired) electrons. The average Bonchev–Trinajstić information content (AvgIpc) is 3.37. The van der Waals surface area contributed by atoms with Crippen molar-refractivity contribution in [1.82, 2.24) is 19.5 Å². The second-order valence-corrected chi connectivity index (χ2v) is 9.89. The number of fused-ring (bicyclic) bond motifs is 1. The number of non-ortho nitro benzene ring substituents is 2. The number of aliphatic hydroxyl groups excluding tert-OH is 2. The maximum Gasteiger partial charge on any atom is 0.469 e. The fourth-order valence-electron chi connectivity index (χ4n) is 3.53. The van der Waals surface area contributed by atoms with Crippen molar-refractivity contribution in [2.75, 3.05) is 6.61 Å². The van der Waals surface area contributed by atoms with Gasteiger partial charge in [-0.3, -0.25) is 39.1 Å². The highest BCUT2D eigenvalue weighted by Crippen LogP contribution is 2.38. The SMILES string of the molecule is O=c1[nH]c(SCc2cc([N+](=O)[O-])cc([N+](=O)[O-])c2)nc2c1ncn2C1O[C@@H](COP(=O)(O)O)[C@H](O)[C@@H]1O. The first kappa shape index (κ1) is 26.8. The minimum Gasteiger partial charge on any atom is -0.387 e. The molecule has 3 aromatic rings. The van der Waals surface area contributed by atoms with Gasteiger partial charge in [0.15, 0.2) is 22.5 Å². The van der Waals surface area contributed by atoms with Gasteiger partial charge in [-0.1, -0.05) is 11.8 Å². The van der Waals surface area contributed by atoms with Crippen molar-refractivity contribution in [3.8, 4) is 0 Å². The van der Waals surface area contributed by atoms with Crippen molar-refractivity contribution < 1.29 is 43.7 Å². The van der Waals surface area contributed by atoms with Crippen molar-refractivity contribution in [2.24, 2.45) is 0 Å². The molecule has 5 N–H and O–H groups in total. The van der Waals surface area contributed by atoms with Crippen LogP contribution in [-0.2, 0) is 19.6 Å². The molecule has 0 spiro atoms. The lowest BCUT2D eigenvalue weighted by molar-refractivity contribution is -0.394. The number of nitrogens with one attached hydrogen (secondary N) is 1. The summed E-state index contributed by atoms with van der Waals surface area (Å²) in [6.07, 6.45) is -4.78. The van der Waals surface area contributed by atoms with Gasteiger partial charge >= 0.3 is 7.82 Å². The maximum atomic E-state index is 12.5. The molecule has 198 valence electrons. The van der Waals surface area contributed by atoms with Gasteiger partial charge in [0.05, 0.1) is 28.8 Å². The minimum atomic E-state index is -4.87. The molecular formula is C17H17N6O12PS. The van der Waals surface area contributed by atoms with E-state index in [-0.39, 0.29) is 27.6 Å². The molecule has 1 aliphatic heterocycles. The van der Waals surface area contributed by atoms with Crippen molar-refractivity contribution in [3.05, 3.63) is 60.7 Å². The Kier molecular flexibility index (Phi) is 7.40. The number of ether oxygens (including phenoxy) is 1. The van der Waals surface area contributed by atoms with Gasteiger partial charge in [0.2, 0.25) is 0 Å². The van der Waals surface area contributed by atoms with Gasteiger partial charge < -0.3 is 24.7 Å². The Balaban J connectivity index is 1.59. The molecule has 20 heteroatoms. The molecule has 2 aromatic heterocycles. The summed E-state index contributed by atoms with van der Waals surface area (Å²) in [4.78, 5) is 61.5. The first-order chi connectivity index (χ1) is 17.3. The molecule has 37 heavy (non-hydrogen) atoms. The number of imidazole rings is 1. The van der Waals surface area contributed by atoms with Gasteiger partial charge in [0.1, 0.15) is 18.3 Å². The van der Waals surface area contributed by atoms with E-state index < -0.39 is 65.8 Å². The molecule has 3 heterocycles. The van der Waals surface area contributed by atoms with Crippen LogP contribution in [0.5, 0.6) is 0 Å². The van der Waals surface area contributed by atoms with Gasteiger partial charge in [-0.25, -0.2) is 14.5 Å². The highest BCUT2D eigenvalue weighted by Gasteiger charge is 2.45. The molecule has 1 unspecified atom stereocenters. The van der Waals surface area contributed by atoms with Gasteiger partial charge in [-0.05, 0) is 5.56 Å². The van der Waals surface area contributed by atoms with Gasteiger partial charge in [-0.2, -0.15) is 0 Å². The second kappa shape index (κ2) is 10.2. The Morgan fingerprint density at radius 2 is 1.81 bits per heavy atom. The molecule has 1 aromatic carbocycles. The fraction of sp³-hybridized carbons (Fsp3) is 0.353. The van der Waals surface area contributed by atoms with Crippen molar-refractivity contribution >= 4 is 42.1 Å². The van der Waals surface area contributed by atoms with E-state index in [1.54, 1.807) is 0 Å². The molecule has 0 bridgehead atoms. The van der Waals surface area contributed by atoms with Crippen LogP contribution in [-0.4, -0.2) is 74.3 Å². The summed E-state index contributed by atoms with van der Waals surface area (Å²) in [5.74, 6) is -0.0475. The third kappa shape index (κ3) is 5.84. The van der Waals surface area contributed by atoms with Crippen LogP contribution in [0.2, 0.25) is 0 Å². The maximum absolute atomic E-state index is 12.5. The van der Waals surface area contributed by atoms with Crippen LogP contribution >= 0.6 is 19.6 Å². The largest absolute Gasteiger partial charge is 0.469 e. The third-order valence-corrected chi connectivity index (χ3v) is 6.62. The number of H-pyrrole nitrogens is 1. The topological polar surface area (TPSA) is 266 Å². The van der Waals surface area contributed by atoms with E-state index in [9.17, 15) is 39.8 Å². The zero-order valence-corrected chi connectivity index (χ0v) is 19.9. The second-order valence-electron chi connectivity index (χ2n) is 7.69. The van der Waals surface area contributed by atoms with E-state index in [1.165, 1.54) is 0 Å². The average molecular weight is 560 g/mol. The van der Waals surface area contributed by atoms with E-state index >= 15 is 0 Å². The zero-order valence-electron chi connectivity index (χ0n) is 18.2. The normalized spacial score (nSPS) is 21.9.